The zero-order valence-corrected chi connectivity index (χ0v) is 18.5. The second kappa shape index (κ2) is 7.44. The van der Waals surface area contributed by atoms with Crippen LogP contribution in [0.4, 0.5) is 0 Å². The number of hydrogen-bond acceptors (Lipinski definition) is 4. The second-order valence-electron chi connectivity index (χ2n) is 11.1. The monoisotopic (exact) mass is 374 g/mol. The molecule has 4 rings (SSSR count). The van der Waals surface area contributed by atoms with E-state index >= 15 is 0 Å². The molecule has 0 spiro atoms. The normalized spacial score (nSPS) is 34.6. The van der Waals surface area contributed by atoms with Gasteiger partial charge in [0.05, 0.1) is 0 Å². The number of nitrogens with zero attached hydrogens (tertiary/aromatic N) is 4. The molecule has 0 amide bonds. The summed E-state index contributed by atoms with van der Waals surface area (Å²) >= 11 is 0. The van der Waals surface area contributed by atoms with E-state index in [0.29, 0.717) is 12.1 Å². The molecule has 4 heterocycles. The predicted octanol–water partition coefficient (Wildman–Crippen LogP) is 3.05. The van der Waals surface area contributed by atoms with Crippen LogP contribution in [0.25, 0.3) is 0 Å². The maximum Gasteiger partial charge on any atom is 0.0410 e. The van der Waals surface area contributed by atoms with Crippen LogP contribution in [0.1, 0.15) is 60.3 Å². The first-order valence-electron chi connectivity index (χ1n) is 11.4. The average molecular weight is 375 g/mol. The smallest absolute Gasteiger partial charge is 0.0410 e. The molecule has 154 valence electrons. The Morgan fingerprint density at radius 1 is 0.889 bits per heavy atom. The van der Waals surface area contributed by atoms with E-state index < -0.39 is 0 Å². The zero-order chi connectivity index (χ0) is 19.2. The summed E-state index contributed by atoms with van der Waals surface area (Å²) in [6, 6.07) is 2.10. The van der Waals surface area contributed by atoms with Gasteiger partial charge in [0.2, 0.25) is 0 Å². The van der Waals surface area contributed by atoms with Crippen LogP contribution in [0.15, 0.2) is 12.2 Å². The molecular formula is C23H42N4. The molecule has 0 radical (unpaired) electrons. The lowest BCUT2D eigenvalue weighted by molar-refractivity contribution is -0.0474. The van der Waals surface area contributed by atoms with Crippen molar-refractivity contribution in [2.24, 2.45) is 0 Å². The lowest BCUT2D eigenvalue weighted by atomic mass is 9.86. The van der Waals surface area contributed by atoms with Crippen molar-refractivity contribution in [3.8, 4) is 0 Å². The fourth-order valence-electron chi connectivity index (χ4n) is 6.12. The van der Waals surface area contributed by atoms with Crippen molar-refractivity contribution in [3.63, 3.8) is 0 Å². The lowest BCUT2D eigenvalue weighted by Gasteiger charge is -2.54. The largest absolute Gasteiger partial charge is 0.298 e. The number of piperazine rings is 2. The Balaban J connectivity index is 1.45. The van der Waals surface area contributed by atoms with Gasteiger partial charge >= 0.3 is 0 Å². The van der Waals surface area contributed by atoms with Gasteiger partial charge in [-0.05, 0) is 60.4 Å². The molecule has 3 saturated heterocycles. The molecule has 0 saturated carbocycles. The quantitative estimate of drug-likeness (QED) is 0.704. The van der Waals surface area contributed by atoms with Crippen molar-refractivity contribution in [2.45, 2.75) is 89.5 Å². The Bertz CT molecular complexity index is 549. The molecule has 0 N–H and O–H groups in total. The first kappa shape index (κ1) is 19.9. The van der Waals surface area contributed by atoms with E-state index in [0.717, 1.165) is 12.6 Å². The number of rotatable bonds is 3. The third-order valence-electron chi connectivity index (χ3n) is 7.73. The highest BCUT2D eigenvalue weighted by atomic mass is 15.4. The van der Waals surface area contributed by atoms with E-state index in [2.05, 4.69) is 66.4 Å². The van der Waals surface area contributed by atoms with Crippen LogP contribution in [0.2, 0.25) is 0 Å². The highest BCUT2D eigenvalue weighted by Gasteiger charge is 2.43. The molecule has 0 aliphatic carbocycles. The van der Waals surface area contributed by atoms with Gasteiger partial charge in [0, 0.05) is 68.5 Å². The summed E-state index contributed by atoms with van der Waals surface area (Å²) in [7, 11) is 0. The summed E-state index contributed by atoms with van der Waals surface area (Å²) < 4.78 is 0. The molecular weight excluding hydrogens is 332 g/mol. The van der Waals surface area contributed by atoms with Gasteiger partial charge in [-0.1, -0.05) is 18.6 Å². The minimum Gasteiger partial charge on any atom is -0.298 e. The fourth-order valence-corrected chi connectivity index (χ4v) is 6.12. The van der Waals surface area contributed by atoms with Crippen LogP contribution in [-0.4, -0.2) is 94.6 Å². The van der Waals surface area contributed by atoms with Gasteiger partial charge in [0.1, 0.15) is 0 Å². The summed E-state index contributed by atoms with van der Waals surface area (Å²) in [5.41, 5.74) is 0.517. The van der Waals surface area contributed by atoms with E-state index in [9.17, 15) is 0 Å². The van der Waals surface area contributed by atoms with Crippen molar-refractivity contribution in [3.05, 3.63) is 12.2 Å². The van der Waals surface area contributed by atoms with Gasteiger partial charge in [-0.3, -0.25) is 19.6 Å². The SMILES string of the molecule is CC(C)(C)N1CC2C=CCN2CC1CC(C)(C)N1CCN2CCCCC2C1. The zero-order valence-electron chi connectivity index (χ0n) is 18.5. The molecule has 0 aromatic heterocycles. The maximum atomic E-state index is 2.83. The highest BCUT2D eigenvalue weighted by Crippen LogP contribution is 2.34. The molecule has 3 atom stereocenters. The highest BCUT2D eigenvalue weighted by molar-refractivity contribution is 5.10. The Kier molecular flexibility index (Phi) is 5.48. The molecule has 4 aliphatic heterocycles. The Morgan fingerprint density at radius 2 is 1.70 bits per heavy atom. The van der Waals surface area contributed by atoms with Gasteiger partial charge in [-0.15, -0.1) is 0 Å². The van der Waals surface area contributed by atoms with Crippen molar-refractivity contribution in [1.82, 2.24) is 19.6 Å². The van der Waals surface area contributed by atoms with Crippen molar-refractivity contribution < 1.29 is 0 Å². The summed E-state index contributed by atoms with van der Waals surface area (Å²) in [6.45, 7) is 21.0. The molecule has 4 aliphatic rings. The van der Waals surface area contributed by atoms with Crippen molar-refractivity contribution in [2.75, 3.05) is 45.8 Å². The first-order chi connectivity index (χ1) is 12.7. The van der Waals surface area contributed by atoms with E-state index in [1.54, 1.807) is 0 Å². The molecule has 0 aromatic carbocycles. The summed E-state index contributed by atoms with van der Waals surface area (Å²) in [5.74, 6) is 0. The third kappa shape index (κ3) is 4.14. The number of hydrogen-bond donors (Lipinski definition) is 0. The molecule has 0 bridgehead atoms. The first-order valence-corrected chi connectivity index (χ1v) is 11.4. The van der Waals surface area contributed by atoms with E-state index in [1.807, 2.05) is 0 Å². The fraction of sp³-hybridized carbons (Fsp3) is 0.913. The molecule has 3 fully saturated rings. The Morgan fingerprint density at radius 3 is 2.48 bits per heavy atom. The average Bonchev–Trinajstić information content (AvgIpc) is 3.07. The van der Waals surface area contributed by atoms with E-state index in [1.165, 1.54) is 65.0 Å². The topological polar surface area (TPSA) is 13.0 Å². The van der Waals surface area contributed by atoms with Gasteiger partial charge in [-0.25, -0.2) is 0 Å². The van der Waals surface area contributed by atoms with Gasteiger partial charge in [0.25, 0.3) is 0 Å². The second-order valence-corrected chi connectivity index (χ2v) is 11.1. The Hall–Kier alpha value is -0.420. The summed E-state index contributed by atoms with van der Waals surface area (Å²) in [5, 5.41) is 0. The predicted molar refractivity (Wildman–Crippen MR) is 114 cm³/mol. The Labute approximate surface area is 167 Å². The molecule has 4 heteroatoms. The molecule has 0 aromatic rings. The molecule has 3 unspecified atom stereocenters. The van der Waals surface area contributed by atoms with Gasteiger partial charge in [-0.2, -0.15) is 0 Å². The lowest BCUT2D eigenvalue weighted by Crippen LogP contribution is -2.65. The molecule has 27 heavy (non-hydrogen) atoms. The van der Waals surface area contributed by atoms with Crippen molar-refractivity contribution in [1.29, 1.82) is 0 Å². The third-order valence-corrected chi connectivity index (χ3v) is 7.73. The van der Waals surface area contributed by atoms with Crippen molar-refractivity contribution >= 4 is 0 Å². The van der Waals surface area contributed by atoms with Crippen LogP contribution < -0.4 is 0 Å². The van der Waals surface area contributed by atoms with Crippen LogP contribution in [0.3, 0.4) is 0 Å². The number of fused-ring (bicyclic) bond motifs is 2. The summed E-state index contributed by atoms with van der Waals surface area (Å²) in [4.78, 5) is 11.1. The van der Waals surface area contributed by atoms with Crippen LogP contribution >= 0.6 is 0 Å². The maximum absolute atomic E-state index is 2.83. The minimum atomic E-state index is 0.241. The van der Waals surface area contributed by atoms with E-state index in [4.69, 9.17) is 0 Å². The van der Waals surface area contributed by atoms with Crippen LogP contribution in [0, 0.1) is 0 Å². The van der Waals surface area contributed by atoms with Gasteiger partial charge in [0.15, 0.2) is 0 Å². The molecule has 4 nitrogen and oxygen atoms in total. The van der Waals surface area contributed by atoms with Gasteiger partial charge < -0.3 is 0 Å². The van der Waals surface area contributed by atoms with E-state index in [-0.39, 0.29) is 11.1 Å². The minimum absolute atomic E-state index is 0.241. The van der Waals surface area contributed by atoms with Crippen LogP contribution in [0.5, 0.6) is 0 Å². The summed E-state index contributed by atoms with van der Waals surface area (Å²) in [6.07, 6.45) is 10.3. The van der Waals surface area contributed by atoms with Crippen LogP contribution in [-0.2, 0) is 0 Å². The number of piperidine rings is 1. The standard InChI is InChI=1S/C23H42N4/c1-22(2,3)27-18-20-10-8-12-25(20)16-21(27)15-23(4,5)26-14-13-24-11-7-6-9-19(24)17-26/h8,10,19-21H,6-7,9,11-18H2,1-5H3.